The summed E-state index contributed by atoms with van der Waals surface area (Å²) in [6, 6.07) is 7.36. The number of carbonyl (C=O) groups excluding carboxylic acids is 2. The lowest BCUT2D eigenvalue weighted by atomic mass is 9.90. The summed E-state index contributed by atoms with van der Waals surface area (Å²) >= 11 is 0. The van der Waals surface area contributed by atoms with Crippen LogP contribution in [-0.2, 0) is 23.1 Å². The van der Waals surface area contributed by atoms with E-state index in [1.807, 2.05) is 32.2 Å². The van der Waals surface area contributed by atoms with Crippen LogP contribution in [-0.4, -0.2) is 31.8 Å². The maximum atomic E-state index is 12.9. The highest BCUT2D eigenvalue weighted by molar-refractivity contribution is 6.07. The zero-order valence-electron chi connectivity index (χ0n) is 14.0. The number of anilines is 2. The molecule has 0 radical (unpaired) electrons. The molecule has 0 fully saturated rings. The number of aromatic nitrogens is 4. The molecule has 1 aromatic carbocycles. The number of nitrogens with one attached hydrogen (secondary N) is 3. The van der Waals surface area contributed by atoms with Gasteiger partial charge in [0, 0.05) is 19.2 Å². The SMILES string of the molecule is CCc1nn(C)c2n[nH]c(NC(=O)[C@H]3CC(=O)Nc4ccccc43)c12. The van der Waals surface area contributed by atoms with Crippen LogP contribution in [0.1, 0.15) is 30.5 Å². The Kier molecular flexibility index (Phi) is 3.52. The zero-order valence-corrected chi connectivity index (χ0v) is 14.0. The van der Waals surface area contributed by atoms with E-state index in [0.29, 0.717) is 17.2 Å². The lowest BCUT2D eigenvalue weighted by molar-refractivity contribution is -0.123. The Bertz CT molecular complexity index is 986. The largest absolute Gasteiger partial charge is 0.326 e. The molecule has 1 atom stereocenters. The maximum absolute atomic E-state index is 12.9. The van der Waals surface area contributed by atoms with E-state index in [4.69, 9.17) is 0 Å². The summed E-state index contributed by atoms with van der Waals surface area (Å²) in [4.78, 5) is 24.8. The highest BCUT2D eigenvalue weighted by Gasteiger charge is 2.31. The van der Waals surface area contributed by atoms with E-state index < -0.39 is 5.92 Å². The molecule has 0 bridgehead atoms. The van der Waals surface area contributed by atoms with Crippen LogP contribution in [0.15, 0.2) is 24.3 Å². The van der Waals surface area contributed by atoms with Crippen molar-refractivity contribution in [3.8, 4) is 0 Å². The first-order valence-corrected chi connectivity index (χ1v) is 8.18. The minimum absolute atomic E-state index is 0.119. The van der Waals surface area contributed by atoms with Gasteiger partial charge in [-0.3, -0.25) is 14.7 Å². The van der Waals surface area contributed by atoms with Crippen molar-refractivity contribution < 1.29 is 9.59 Å². The zero-order chi connectivity index (χ0) is 17.6. The monoisotopic (exact) mass is 338 g/mol. The van der Waals surface area contributed by atoms with Crippen LogP contribution in [0, 0.1) is 0 Å². The van der Waals surface area contributed by atoms with Gasteiger partial charge < -0.3 is 10.6 Å². The first-order valence-electron chi connectivity index (χ1n) is 8.18. The van der Waals surface area contributed by atoms with Gasteiger partial charge in [-0.25, -0.2) is 4.68 Å². The standard InChI is InChI=1S/C17H18N6O2/c1-3-11-14-15(20-21-16(14)23(2)22-11)19-17(25)10-8-13(24)18-12-7-5-4-6-9(10)12/h4-7,10H,3,8H2,1-2H3,(H,18,24)(H2,19,20,21,25)/t10-/m0/s1. The van der Waals surface area contributed by atoms with Gasteiger partial charge >= 0.3 is 0 Å². The summed E-state index contributed by atoms with van der Waals surface area (Å²) in [5, 5.41) is 18.0. The molecule has 0 spiro atoms. The Morgan fingerprint density at radius 1 is 1.40 bits per heavy atom. The summed E-state index contributed by atoms with van der Waals surface area (Å²) in [5.74, 6) is -0.415. The molecular weight excluding hydrogens is 320 g/mol. The minimum Gasteiger partial charge on any atom is -0.326 e. The highest BCUT2D eigenvalue weighted by Crippen LogP contribution is 2.33. The third kappa shape index (κ3) is 2.46. The van der Waals surface area contributed by atoms with E-state index in [1.54, 1.807) is 10.7 Å². The minimum atomic E-state index is -0.537. The fourth-order valence-corrected chi connectivity index (χ4v) is 3.31. The molecule has 25 heavy (non-hydrogen) atoms. The number of carbonyl (C=O) groups is 2. The first-order chi connectivity index (χ1) is 12.1. The maximum Gasteiger partial charge on any atom is 0.233 e. The highest BCUT2D eigenvalue weighted by atomic mass is 16.2. The number of aryl methyl sites for hydroxylation is 2. The van der Waals surface area contributed by atoms with Crippen molar-refractivity contribution >= 4 is 34.4 Å². The average Bonchev–Trinajstić information content (AvgIpc) is 3.15. The molecule has 3 aromatic rings. The quantitative estimate of drug-likeness (QED) is 0.678. The topological polar surface area (TPSA) is 105 Å². The molecule has 3 heterocycles. The molecule has 0 unspecified atom stereocenters. The molecule has 8 nitrogen and oxygen atoms in total. The van der Waals surface area contributed by atoms with E-state index in [0.717, 1.165) is 23.1 Å². The predicted octanol–water partition coefficient (Wildman–Crippen LogP) is 1.92. The average molecular weight is 338 g/mol. The van der Waals surface area contributed by atoms with Gasteiger partial charge in [0.1, 0.15) is 5.82 Å². The van der Waals surface area contributed by atoms with Gasteiger partial charge in [-0.15, -0.1) is 0 Å². The molecule has 1 aliphatic rings. The van der Waals surface area contributed by atoms with Gasteiger partial charge in [-0.2, -0.15) is 10.2 Å². The van der Waals surface area contributed by atoms with Crippen molar-refractivity contribution in [1.29, 1.82) is 0 Å². The molecule has 1 aliphatic heterocycles. The van der Waals surface area contributed by atoms with Crippen molar-refractivity contribution in [2.24, 2.45) is 7.05 Å². The Hall–Kier alpha value is -3.16. The third-order valence-corrected chi connectivity index (χ3v) is 4.51. The van der Waals surface area contributed by atoms with Crippen LogP contribution in [0.5, 0.6) is 0 Å². The van der Waals surface area contributed by atoms with Crippen molar-refractivity contribution in [2.45, 2.75) is 25.7 Å². The smallest absolute Gasteiger partial charge is 0.233 e. The normalized spacial score (nSPS) is 16.6. The number of nitrogens with zero attached hydrogens (tertiary/aromatic N) is 3. The Morgan fingerprint density at radius 2 is 2.20 bits per heavy atom. The first kappa shape index (κ1) is 15.4. The summed E-state index contributed by atoms with van der Waals surface area (Å²) < 4.78 is 1.68. The summed E-state index contributed by atoms with van der Waals surface area (Å²) in [5.41, 5.74) is 3.05. The number of benzene rings is 1. The fraction of sp³-hybridized carbons (Fsp3) is 0.294. The second-order valence-corrected chi connectivity index (χ2v) is 6.10. The number of amides is 2. The second-order valence-electron chi connectivity index (χ2n) is 6.10. The van der Waals surface area contributed by atoms with Gasteiger partial charge in [0.2, 0.25) is 11.8 Å². The molecule has 0 aliphatic carbocycles. The van der Waals surface area contributed by atoms with E-state index >= 15 is 0 Å². The van der Waals surface area contributed by atoms with E-state index in [9.17, 15) is 9.59 Å². The van der Waals surface area contributed by atoms with Gasteiger partial charge in [0.05, 0.1) is 17.0 Å². The summed E-state index contributed by atoms with van der Waals surface area (Å²) in [6.45, 7) is 2.00. The Balaban J connectivity index is 1.68. The molecule has 2 amide bonds. The van der Waals surface area contributed by atoms with Gasteiger partial charge in [-0.05, 0) is 18.1 Å². The molecule has 8 heteroatoms. The number of fused-ring (bicyclic) bond motifs is 2. The predicted molar refractivity (Wildman–Crippen MR) is 93.3 cm³/mol. The summed E-state index contributed by atoms with van der Waals surface area (Å²) in [6.07, 6.45) is 0.849. The number of rotatable bonds is 3. The van der Waals surface area contributed by atoms with E-state index in [-0.39, 0.29) is 18.2 Å². The van der Waals surface area contributed by atoms with Gasteiger partial charge in [-0.1, -0.05) is 25.1 Å². The fourth-order valence-electron chi connectivity index (χ4n) is 3.31. The van der Waals surface area contributed by atoms with E-state index in [2.05, 4.69) is 25.9 Å². The molecular formula is C17H18N6O2. The number of hydrogen-bond donors (Lipinski definition) is 3. The number of hydrogen-bond acceptors (Lipinski definition) is 4. The van der Waals surface area contributed by atoms with Crippen LogP contribution in [0.25, 0.3) is 11.0 Å². The Morgan fingerprint density at radius 3 is 3.00 bits per heavy atom. The number of H-pyrrole nitrogens is 1. The molecule has 2 aromatic heterocycles. The third-order valence-electron chi connectivity index (χ3n) is 4.51. The van der Waals surface area contributed by atoms with Crippen LogP contribution in [0.4, 0.5) is 11.5 Å². The number of para-hydroxylation sites is 1. The van der Waals surface area contributed by atoms with Gasteiger partial charge in [0.25, 0.3) is 0 Å². The molecule has 0 saturated carbocycles. The van der Waals surface area contributed by atoms with Crippen LogP contribution in [0.2, 0.25) is 0 Å². The van der Waals surface area contributed by atoms with Crippen molar-refractivity contribution in [3.05, 3.63) is 35.5 Å². The van der Waals surface area contributed by atoms with Crippen LogP contribution < -0.4 is 10.6 Å². The van der Waals surface area contributed by atoms with Crippen molar-refractivity contribution in [2.75, 3.05) is 10.6 Å². The van der Waals surface area contributed by atoms with Crippen molar-refractivity contribution in [3.63, 3.8) is 0 Å². The van der Waals surface area contributed by atoms with Gasteiger partial charge in [0.15, 0.2) is 5.65 Å². The Labute approximate surface area is 143 Å². The van der Waals surface area contributed by atoms with E-state index in [1.165, 1.54) is 0 Å². The molecule has 3 N–H and O–H groups in total. The molecule has 128 valence electrons. The second kappa shape index (κ2) is 5.73. The summed E-state index contributed by atoms with van der Waals surface area (Å²) in [7, 11) is 1.82. The van der Waals surface area contributed by atoms with Crippen LogP contribution >= 0.6 is 0 Å². The van der Waals surface area contributed by atoms with Crippen LogP contribution in [0.3, 0.4) is 0 Å². The van der Waals surface area contributed by atoms with Crippen molar-refractivity contribution in [1.82, 2.24) is 20.0 Å². The molecule has 4 rings (SSSR count). The lowest BCUT2D eigenvalue weighted by Crippen LogP contribution is -2.30. The lowest BCUT2D eigenvalue weighted by Gasteiger charge is -2.24. The number of aromatic amines is 1. The molecule has 0 saturated heterocycles.